The van der Waals surface area contributed by atoms with Crippen LogP contribution in [0.25, 0.3) is 0 Å². The Labute approximate surface area is 105 Å². The second-order valence-corrected chi connectivity index (χ2v) is 4.81. The first-order valence-electron chi connectivity index (χ1n) is 6.79. The highest BCUT2D eigenvalue weighted by atomic mass is 16.3. The first-order valence-corrected chi connectivity index (χ1v) is 6.79. The molecule has 1 fully saturated rings. The minimum Gasteiger partial charge on any atom is -0.395 e. The van der Waals surface area contributed by atoms with Crippen molar-refractivity contribution in [1.82, 2.24) is 4.90 Å². The van der Waals surface area contributed by atoms with Crippen LogP contribution in [0.15, 0.2) is 11.6 Å². The van der Waals surface area contributed by atoms with Crippen molar-refractivity contribution in [3.63, 3.8) is 0 Å². The van der Waals surface area contributed by atoms with Crippen molar-refractivity contribution < 1.29 is 9.90 Å². The van der Waals surface area contributed by atoms with Crippen LogP contribution in [-0.4, -0.2) is 35.1 Å². The zero-order valence-electron chi connectivity index (χ0n) is 11.1. The molecule has 0 bridgehead atoms. The first-order chi connectivity index (χ1) is 8.20. The molecule has 0 atom stereocenters. The molecule has 0 saturated heterocycles. The largest absolute Gasteiger partial charge is 0.395 e. The molecule has 1 N–H and O–H groups in total. The van der Waals surface area contributed by atoms with E-state index < -0.39 is 0 Å². The van der Waals surface area contributed by atoms with Crippen LogP contribution in [0.4, 0.5) is 0 Å². The van der Waals surface area contributed by atoms with Gasteiger partial charge in [0.15, 0.2) is 0 Å². The van der Waals surface area contributed by atoms with Gasteiger partial charge in [0.05, 0.1) is 6.61 Å². The molecular formula is C14H25NO2. The third-order valence-electron chi connectivity index (χ3n) is 3.46. The van der Waals surface area contributed by atoms with Crippen molar-refractivity contribution in [2.24, 2.45) is 0 Å². The molecular weight excluding hydrogens is 214 g/mol. The van der Waals surface area contributed by atoms with Crippen LogP contribution < -0.4 is 0 Å². The lowest BCUT2D eigenvalue weighted by atomic mass is 9.93. The molecule has 0 aromatic carbocycles. The molecule has 0 spiro atoms. The number of aliphatic hydroxyl groups is 1. The van der Waals surface area contributed by atoms with Crippen molar-refractivity contribution in [2.45, 2.75) is 58.4 Å². The number of amides is 1. The molecule has 17 heavy (non-hydrogen) atoms. The van der Waals surface area contributed by atoms with Crippen molar-refractivity contribution in [1.29, 1.82) is 0 Å². The van der Waals surface area contributed by atoms with E-state index >= 15 is 0 Å². The molecule has 3 heteroatoms. The topological polar surface area (TPSA) is 40.5 Å². The number of allylic oxidation sites excluding steroid dienone is 1. The van der Waals surface area contributed by atoms with Gasteiger partial charge in [0.2, 0.25) is 5.91 Å². The van der Waals surface area contributed by atoms with Gasteiger partial charge in [-0.2, -0.15) is 0 Å². The van der Waals surface area contributed by atoms with Crippen LogP contribution >= 0.6 is 0 Å². The molecule has 1 rings (SSSR count). The summed E-state index contributed by atoms with van der Waals surface area (Å²) in [4.78, 5) is 14.1. The minimum atomic E-state index is 0.0572. The molecule has 0 aliphatic heterocycles. The van der Waals surface area contributed by atoms with Gasteiger partial charge in [-0.15, -0.1) is 0 Å². The SMILES string of the molecule is CC/C=C(/C)C(=O)N(CCO)C1CCCCC1. The summed E-state index contributed by atoms with van der Waals surface area (Å²) in [5, 5.41) is 9.11. The Morgan fingerprint density at radius 3 is 2.53 bits per heavy atom. The maximum Gasteiger partial charge on any atom is 0.249 e. The molecule has 1 amide bonds. The summed E-state index contributed by atoms with van der Waals surface area (Å²) in [7, 11) is 0. The van der Waals surface area contributed by atoms with E-state index in [0.29, 0.717) is 12.6 Å². The number of rotatable bonds is 5. The van der Waals surface area contributed by atoms with E-state index in [1.807, 2.05) is 24.8 Å². The number of carbonyl (C=O) groups is 1. The smallest absolute Gasteiger partial charge is 0.249 e. The molecule has 1 saturated carbocycles. The first kappa shape index (κ1) is 14.2. The van der Waals surface area contributed by atoms with Gasteiger partial charge in [-0.1, -0.05) is 32.3 Å². The monoisotopic (exact) mass is 239 g/mol. The highest BCUT2D eigenvalue weighted by Gasteiger charge is 2.25. The fraction of sp³-hybridized carbons (Fsp3) is 0.786. The summed E-state index contributed by atoms with van der Waals surface area (Å²) >= 11 is 0. The molecule has 1 aliphatic carbocycles. The van der Waals surface area contributed by atoms with E-state index in [9.17, 15) is 4.79 Å². The lowest BCUT2D eigenvalue weighted by molar-refractivity contribution is -0.130. The number of carbonyl (C=O) groups excluding carboxylic acids is 1. The fourth-order valence-electron chi connectivity index (χ4n) is 2.57. The molecule has 1 aliphatic rings. The Balaban J connectivity index is 2.69. The van der Waals surface area contributed by atoms with Gasteiger partial charge in [0, 0.05) is 18.2 Å². The van der Waals surface area contributed by atoms with Crippen LogP contribution in [0.5, 0.6) is 0 Å². The van der Waals surface area contributed by atoms with Crippen LogP contribution in [0, 0.1) is 0 Å². The maximum atomic E-state index is 12.3. The molecule has 98 valence electrons. The van der Waals surface area contributed by atoms with Gasteiger partial charge in [-0.3, -0.25) is 4.79 Å². The predicted octanol–water partition coefficient (Wildman–Crippen LogP) is 2.50. The summed E-state index contributed by atoms with van der Waals surface area (Å²) in [5.41, 5.74) is 0.812. The van der Waals surface area contributed by atoms with Gasteiger partial charge < -0.3 is 10.0 Å². The van der Waals surface area contributed by atoms with Crippen LogP contribution in [0.3, 0.4) is 0 Å². The van der Waals surface area contributed by atoms with Crippen molar-refractivity contribution in [2.75, 3.05) is 13.2 Å². The van der Waals surface area contributed by atoms with E-state index in [0.717, 1.165) is 24.8 Å². The number of nitrogens with zero attached hydrogens (tertiary/aromatic N) is 1. The van der Waals surface area contributed by atoms with Gasteiger partial charge in [-0.05, 0) is 26.2 Å². The van der Waals surface area contributed by atoms with Crippen molar-refractivity contribution >= 4 is 5.91 Å². The Bertz CT molecular complexity index is 267. The van der Waals surface area contributed by atoms with E-state index in [1.54, 1.807) is 0 Å². The standard InChI is InChI=1S/C14H25NO2/c1-3-7-12(2)14(17)15(10-11-16)13-8-5-4-6-9-13/h7,13,16H,3-6,8-11H2,1-2H3/b12-7-. The Morgan fingerprint density at radius 2 is 2.00 bits per heavy atom. The number of hydrogen-bond donors (Lipinski definition) is 1. The van der Waals surface area contributed by atoms with E-state index in [2.05, 4.69) is 0 Å². The second kappa shape index (κ2) is 7.49. The van der Waals surface area contributed by atoms with Crippen molar-refractivity contribution in [3.8, 4) is 0 Å². The average Bonchev–Trinajstić information content (AvgIpc) is 2.36. The van der Waals surface area contributed by atoms with Gasteiger partial charge in [-0.25, -0.2) is 0 Å². The Kier molecular flexibility index (Phi) is 6.27. The van der Waals surface area contributed by atoms with Gasteiger partial charge in [0.1, 0.15) is 0 Å². The summed E-state index contributed by atoms with van der Waals surface area (Å²) < 4.78 is 0. The summed E-state index contributed by atoms with van der Waals surface area (Å²) in [5.74, 6) is 0.104. The minimum absolute atomic E-state index is 0.0572. The summed E-state index contributed by atoms with van der Waals surface area (Å²) in [6.45, 7) is 4.44. The molecule has 0 radical (unpaired) electrons. The lowest BCUT2D eigenvalue weighted by Gasteiger charge is -2.34. The summed E-state index contributed by atoms with van der Waals surface area (Å²) in [6.07, 6.45) is 8.72. The zero-order chi connectivity index (χ0) is 12.7. The van der Waals surface area contributed by atoms with Crippen molar-refractivity contribution in [3.05, 3.63) is 11.6 Å². The summed E-state index contributed by atoms with van der Waals surface area (Å²) in [6, 6.07) is 0.337. The fourth-order valence-corrected chi connectivity index (χ4v) is 2.57. The molecule has 0 unspecified atom stereocenters. The molecule has 3 nitrogen and oxygen atoms in total. The predicted molar refractivity (Wildman–Crippen MR) is 69.7 cm³/mol. The average molecular weight is 239 g/mol. The second-order valence-electron chi connectivity index (χ2n) is 4.81. The number of hydrogen-bond acceptors (Lipinski definition) is 2. The number of aliphatic hydroxyl groups excluding tert-OH is 1. The van der Waals surface area contributed by atoms with Gasteiger partial charge >= 0.3 is 0 Å². The highest BCUT2D eigenvalue weighted by molar-refractivity contribution is 5.93. The van der Waals surface area contributed by atoms with Gasteiger partial charge in [0.25, 0.3) is 0 Å². The Morgan fingerprint density at radius 1 is 1.35 bits per heavy atom. The van der Waals surface area contributed by atoms with E-state index in [1.165, 1.54) is 19.3 Å². The molecule has 0 aromatic rings. The molecule has 0 aromatic heterocycles. The quantitative estimate of drug-likeness (QED) is 0.749. The third kappa shape index (κ3) is 4.15. The molecule has 0 heterocycles. The van der Waals surface area contributed by atoms with Crippen LogP contribution in [-0.2, 0) is 4.79 Å². The lowest BCUT2D eigenvalue weighted by Crippen LogP contribution is -2.43. The third-order valence-corrected chi connectivity index (χ3v) is 3.46. The van der Waals surface area contributed by atoms with Crippen LogP contribution in [0.1, 0.15) is 52.4 Å². The highest BCUT2D eigenvalue weighted by Crippen LogP contribution is 2.23. The normalized spacial score (nSPS) is 18.2. The van der Waals surface area contributed by atoms with E-state index in [4.69, 9.17) is 5.11 Å². The zero-order valence-corrected chi connectivity index (χ0v) is 11.1. The maximum absolute atomic E-state index is 12.3. The Hall–Kier alpha value is -0.830. The van der Waals surface area contributed by atoms with E-state index in [-0.39, 0.29) is 12.5 Å². The van der Waals surface area contributed by atoms with Crippen LogP contribution in [0.2, 0.25) is 0 Å².